The van der Waals surface area contributed by atoms with E-state index in [1.54, 1.807) is 25.3 Å². The van der Waals surface area contributed by atoms with Gasteiger partial charge in [-0.05, 0) is 17.7 Å². The van der Waals surface area contributed by atoms with Gasteiger partial charge in [0.15, 0.2) is 0 Å². The smallest absolute Gasteiger partial charge is 0.248 e. The van der Waals surface area contributed by atoms with Gasteiger partial charge in [0.1, 0.15) is 0 Å². The molecule has 17 heavy (non-hydrogen) atoms. The van der Waals surface area contributed by atoms with Crippen LogP contribution in [-0.4, -0.2) is 26.2 Å². The third-order valence-electron chi connectivity index (χ3n) is 1.97. The lowest BCUT2D eigenvalue weighted by Crippen LogP contribution is -2.27. The maximum Gasteiger partial charge on any atom is 0.248 e. The summed E-state index contributed by atoms with van der Waals surface area (Å²) in [7, 11) is 1.55. The molecule has 1 rings (SSSR count). The lowest BCUT2D eigenvalue weighted by molar-refractivity contribution is -0.133. The van der Waals surface area contributed by atoms with Crippen molar-refractivity contribution in [1.29, 1.82) is 0 Å². The van der Waals surface area contributed by atoms with Gasteiger partial charge in [0.05, 0.1) is 19.6 Å². The van der Waals surface area contributed by atoms with Crippen LogP contribution in [0.25, 0.3) is 0 Å². The average molecular weight is 278 g/mol. The van der Waals surface area contributed by atoms with Gasteiger partial charge < -0.3 is 4.74 Å². The largest absolute Gasteiger partial charge is 0.382 e. The summed E-state index contributed by atoms with van der Waals surface area (Å²) in [4.78, 5) is 16.4. The summed E-state index contributed by atoms with van der Waals surface area (Å²) in [6.45, 7) is 0.700. The number of carbonyl (C=O) groups is 1. The van der Waals surface area contributed by atoms with E-state index in [1.807, 2.05) is 0 Å². The lowest BCUT2D eigenvalue weighted by Gasteiger charge is -2.08. The quantitative estimate of drug-likeness (QED) is 0.641. The second kappa shape index (κ2) is 7.50. The maximum absolute atomic E-state index is 11.5. The van der Waals surface area contributed by atoms with Gasteiger partial charge in [-0.15, -0.1) is 0 Å². The summed E-state index contributed by atoms with van der Waals surface area (Å²) in [5, 5.41) is 0.925. The van der Waals surface area contributed by atoms with Crippen molar-refractivity contribution in [2.24, 2.45) is 0 Å². The van der Waals surface area contributed by atoms with Crippen molar-refractivity contribution < 1.29 is 14.4 Å². The lowest BCUT2D eigenvalue weighted by atomic mass is 10.1. The Morgan fingerprint density at radius 1 is 1.29 bits per heavy atom. The number of ether oxygens (including phenoxy) is 1. The predicted molar refractivity (Wildman–Crippen MR) is 66.1 cm³/mol. The van der Waals surface area contributed by atoms with Crippen molar-refractivity contribution in [1.82, 2.24) is 5.48 Å². The number of hydrogen-bond acceptors (Lipinski definition) is 3. The Kier molecular flexibility index (Phi) is 6.29. The third-order valence-corrected chi connectivity index (χ3v) is 2.68. The summed E-state index contributed by atoms with van der Waals surface area (Å²) < 4.78 is 4.76. The van der Waals surface area contributed by atoms with Gasteiger partial charge in [-0.1, -0.05) is 29.3 Å². The first kappa shape index (κ1) is 14.3. The van der Waals surface area contributed by atoms with E-state index in [2.05, 4.69) is 5.48 Å². The summed E-state index contributed by atoms with van der Waals surface area (Å²) >= 11 is 11.9. The van der Waals surface area contributed by atoms with Gasteiger partial charge in [0, 0.05) is 17.2 Å². The van der Waals surface area contributed by atoms with Crippen molar-refractivity contribution >= 4 is 29.1 Å². The molecule has 0 aromatic heterocycles. The normalized spacial score (nSPS) is 10.3. The Labute approximate surface area is 110 Å². The molecule has 0 saturated carbocycles. The second-order valence-electron chi connectivity index (χ2n) is 3.24. The van der Waals surface area contributed by atoms with E-state index in [1.165, 1.54) is 0 Å². The fourth-order valence-corrected chi connectivity index (χ4v) is 1.69. The SMILES string of the molecule is COCCONC(=O)Cc1c(Cl)cccc1Cl. The van der Waals surface area contributed by atoms with Gasteiger partial charge >= 0.3 is 0 Å². The Morgan fingerprint density at radius 2 is 1.94 bits per heavy atom. The molecule has 0 atom stereocenters. The maximum atomic E-state index is 11.5. The van der Waals surface area contributed by atoms with E-state index >= 15 is 0 Å². The number of benzene rings is 1. The van der Waals surface area contributed by atoms with Crippen LogP contribution in [0.2, 0.25) is 10.0 Å². The summed E-state index contributed by atoms with van der Waals surface area (Å²) in [5.41, 5.74) is 2.87. The van der Waals surface area contributed by atoms with Crippen LogP contribution in [0.1, 0.15) is 5.56 Å². The van der Waals surface area contributed by atoms with Crippen LogP contribution in [0.15, 0.2) is 18.2 Å². The highest BCUT2D eigenvalue weighted by molar-refractivity contribution is 6.36. The molecule has 0 saturated heterocycles. The van der Waals surface area contributed by atoms with E-state index in [0.717, 1.165) is 0 Å². The fourth-order valence-electron chi connectivity index (χ4n) is 1.15. The van der Waals surface area contributed by atoms with Gasteiger partial charge in [-0.3, -0.25) is 9.63 Å². The molecule has 0 aliphatic rings. The number of amides is 1. The zero-order chi connectivity index (χ0) is 12.7. The predicted octanol–water partition coefficient (Wildman–Crippen LogP) is 2.23. The Bertz CT molecular complexity index is 365. The number of nitrogens with one attached hydrogen (secondary N) is 1. The molecule has 94 valence electrons. The zero-order valence-electron chi connectivity index (χ0n) is 9.33. The standard InChI is InChI=1S/C11H13Cl2NO3/c1-16-5-6-17-14-11(15)7-8-9(12)3-2-4-10(8)13/h2-4H,5-7H2,1H3,(H,14,15). The highest BCUT2D eigenvalue weighted by atomic mass is 35.5. The van der Waals surface area contributed by atoms with Crippen LogP contribution in [0.3, 0.4) is 0 Å². The highest BCUT2D eigenvalue weighted by Crippen LogP contribution is 2.24. The van der Waals surface area contributed by atoms with Gasteiger partial charge in [0.25, 0.3) is 0 Å². The molecule has 1 aromatic rings. The van der Waals surface area contributed by atoms with Crippen LogP contribution in [-0.2, 0) is 20.8 Å². The van der Waals surface area contributed by atoms with Crippen LogP contribution in [0.5, 0.6) is 0 Å². The highest BCUT2D eigenvalue weighted by Gasteiger charge is 2.10. The molecule has 0 bridgehead atoms. The van der Waals surface area contributed by atoms with Crippen LogP contribution >= 0.6 is 23.2 Å². The molecule has 0 heterocycles. The Hall–Kier alpha value is -0.810. The number of carbonyl (C=O) groups excluding carboxylic acids is 1. The van der Waals surface area contributed by atoms with E-state index in [0.29, 0.717) is 28.8 Å². The molecule has 1 amide bonds. The van der Waals surface area contributed by atoms with E-state index < -0.39 is 0 Å². The second-order valence-corrected chi connectivity index (χ2v) is 4.06. The van der Waals surface area contributed by atoms with E-state index in [-0.39, 0.29) is 12.3 Å². The number of methoxy groups -OCH3 is 1. The molecule has 6 heteroatoms. The molecule has 1 N–H and O–H groups in total. The molecule has 0 radical (unpaired) electrons. The summed E-state index contributed by atoms with van der Waals surface area (Å²) in [6.07, 6.45) is 0.0749. The number of rotatable bonds is 6. The monoisotopic (exact) mass is 277 g/mol. The first-order chi connectivity index (χ1) is 8.15. The molecule has 1 aromatic carbocycles. The average Bonchev–Trinajstić information content (AvgIpc) is 2.30. The minimum absolute atomic E-state index is 0.0749. The van der Waals surface area contributed by atoms with Crippen molar-refractivity contribution in [2.75, 3.05) is 20.3 Å². The Balaban J connectivity index is 2.45. The number of hydroxylamine groups is 1. The number of halogens is 2. The first-order valence-electron chi connectivity index (χ1n) is 4.97. The van der Waals surface area contributed by atoms with Gasteiger partial charge in [-0.2, -0.15) is 0 Å². The fraction of sp³-hybridized carbons (Fsp3) is 0.364. The Morgan fingerprint density at radius 3 is 2.53 bits per heavy atom. The molecule has 0 spiro atoms. The summed E-state index contributed by atoms with van der Waals surface area (Å²) in [5.74, 6) is -0.309. The van der Waals surface area contributed by atoms with Crippen molar-refractivity contribution in [2.45, 2.75) is 6.42 Å². The minimum atomic E-state index is -0.309. The molecule has 4 nitrogen and oxygen atoms in total. The van der Waals surface area contributed by atoms with Gasteiger partial charge in [0.2, 0.25) is 5.91 Å². The van der Waals surface area contributed by atoms with Crippen LogP contribution in [0, 0.1) is 0 Å². The molecule has 0 aliphatic heterocycles. The summed E-state index contributed by atoms with van der Waals surface area (Å²) in [6, 6.07) is 5.09. The zero-order valence-corrected chi connectivity index (χ0v) is 10.8. The van der Waals surface area contributed by atoms with Crippen LogP contribution in [0.4, 0.5) is 0 Å². The van der Waals surface area contributed by atoms with Crippen LogP contribution < -0.4 is 5.48 Å². The number of hydrogen-bond donors (Lipinski definition) is 1. The van der Waals surface area contributed by atoms with Crippen molar-refractivity contribution in [3.63, 3.8) is 0 Å². The topological polar surface area (TPSA) is 47.6 Å². The van der Waals surface area contributed by atoms with E-state index in [9.17, 15) is 4.79 Å². The van der Waals surface area contributed by atoms with Gasteiger partial charge in [-0.25, -0.2) is 5.48 Å². The molecular formula is C11H13Cl2NO3. The minimum Gasteiger partial charge on any atom is -0.382 e. The molecule has 0 fully saturated rings. The van der Waals surface area contributed by atoms with E-state index in [4.69, 9.17) is 32.8 Å². The van der Waals surface area contributed by atoms with Crippen molar-refractivity contribution in [3.05, 3.63) is 33.8 Å². The van der Waals surface area contributed by atoms with Crippen molar-refractivity contribution in [3.8, 4) is 0 Å². The first-order valence-corrected chi connectivity index (χ1v) is 5.73. The molecule has 0 aliphatic carbocycles. The third kappa shape index (κ3) is 4.91. The molecular weight excluding hydrogens is 265 g/mol. The molecule has 0 unspecified atom stereocenters.